The van der Waals surface area contributed by atoms with Gasteiger partial charge < -0.3 is 24.2 Å². The molecule has 1 aromatic carbocycles. The maximum atomic E-state index is 12.7. The number of hydrogen-bond donors (Lipinski definition) is 1. The summed E-state index contributed by atoms with van der Waals surface area (Å²) in [6, 6.07) is 9.37. The number of benzene rings is 1. The zero-order valence-electron chi connectivity index (χ0n) is 16.8. The summed E-state index contributed by atoms with van der Waals surface area (Å²) in [6.45, 7) is 1.69. The number of aliphatic hydroxyl groups excluding tert-OH is 1. The van der Waals surface area contributed by atoms with Crippen LogP contribution < -0.4 is 14.2 Å². The first-order chi connectivity index (χ1) is 14.7. The van der Waals surface area contributed by atoms with Crippen molar-refractivity contribution in [2.75, 3.05) is 19.9 Å². The van der Waals surface area contributed by atoms with Crippen LogP contribution in [-0.4, -0.2) is 53.0 Å². The van der Waals surface area contributed by atoms with E-state index >= 15 is 0 Å². The fourth-order valence-corrected chi connectivity index (χ4v) is 4.80. The Morgan fingerprint density at radius 2 is 2.00 bits per heavy atom. The molecule has 2 fully saturated rings. The van der Waals surface area contributed by atoms with Gasteiger partial charge in [0, 0.05) is 38.0 Å². The summed E-state index contributed by atoms with van der Waals surface area (Å²) in [6.07, 6.45) is 5.33. The monoisotopic (exact) mass is 410 g/mol. The first-order valence-corrected chi connectivity index (χ1v) is 10.6. The summed E-state index contributed by atoms with van der Waals surface area (Å²) in [5.74, 6) is 2.92. The normalized spacial score (nSPS) is 27.0. The Labute approximate surface area is 175 Å². The highest BCUT2D eigenvalue weighted by Crippen LogP contribution is 2.40. The number of likely N-dealkylation sites (tertiary alicyclic amines) is 1. The molecule has 1 saturated heterocycles. The minimum Gasteiger partial charge on any atom is -0.488 e. The third-order valence-electron chi connectivity index (χ3n) is 6.42. The van der Waals surface area contributed by atoms with Gasteiger partial charge in [-0.1, -0.05) is 6.07 Å². The van der Waals surface area contributed by atoms with Crippen LogP contribution in [0, 0.1) is 11.8 Å². The number of ether oxygens (including phenoxy) is 3. The molecular weight excluding hydrogens is 384 g/mol. The van der Waals surface area contributed by atoms with Crippen LogP contribution in [0.25, 0.3) is 0 Å². The van der Waals surface area contributed by atoms with E-state index in [4.69, 9.17) is 14.2 Å². The molecule has 5 rings (SSSR count). The molecule has 1 amide bonds. The van der Waals surface area contributed by atoms with E-state index in [1.54, 1.807) is 6.20 Å². The molecule has 1 aliphatic carbocycles. The van der Waals surface area contributed by atoms with Crippen molar-refractivity contribution in [1.29, 1.82) is 0 Å². The van der Waals surface area contributed by atoms with Crippen LogP contribution in [0.3, 0.4) is 0 Å². The van der Waals surface area contributed by atoms with Crippen molar-refractivity contribution in [1.82, 2.24) is 9.88 Å². The summed E-state index contributed by atoms with van der Waals surface area (Å²) in [4.78, 5) is 18.8. The summed E-state index contributed by atoms with van der Waals surface area (Å²) < 4.78 is 16.8. The van der Waals surface area contributed by atoms with E-state index in [1.165, 1.54) is 0 Å². The molecular formula is C23H26N2O5. The number of nitrogens with zero attached hydrogens (tertiary/aromatic N) is 2. The minimum absolute atomic E-state index is 0.177. The third-order valence-corrected chi connectivity index (χ3v) is 6.42. The van der Waals surface area contributed by atoms with Gasteiger partial charge in [-0.25, -0.2) is 0 Å². The Morgan fingerprint density at radius 3 is 2.83 bits per heavy atom. The number of aliphatic hydroxyl groups is 1. The summed E-state index contributed by atoms with van der Waals surface area (Å²) in [7, 11) is 0. The number of rotatable bonds is 5. The largest absolute Gasteiger partial charge is 0.488 e. The van der Waals surface area contributed by atoms with Crippen molar-refractivity contribution in [2.24, 2.45) is 11.8 Å². The van der Waals surface area contributed by atoms with Gasteiger partial charge in [0.15, 0.2) is 11.5 Å². The number of aryl methyl sites for hydroxylation is 1. The molecule has 2 aliphatic heterocycles. The van der Waals surface area contributed by atoms with E-state index < -0.39 is 6.10 Å². The molecule has 158 valence electrons. The van der Waals surface area contributed by atoms with Gasteiger partial charge in [0.05, 0.1) is 6.10 Å². The zero-order chi connectivity index (χ0) is 20.5. The predicted molar refractivity (Wildman–Crippen MR) is 108 cm³/mol. The Kier molecular flexibility index (Phi) is 5.21. The lowest BCUT2D eigenvalue weighted by Gasteiger charge is -2.35. The average molecular weight is 410 g/mol. The number of fused-ring (bicyclic) bond motifs is 2. The highest BCUT2D eigenvalue weighted by Gasteiger charge is 2.43. The van der Waals surface area contributed by atoms with Gasteiger partial charge in [0.1, 0.15) is 11.9 Å². The van der Waals surface area contributed by atoms with Gasteiger partial charge in [-0.05, 0) is 54.9 Å². The van der Waals surface area contributed by atoms with Crippen LogP contribution in [0.4, 0.5) is 0 Å². The topological polar surface area (TPSA) is 81.1 Å². The number of pyridine rings is 1. The smallest absolute Gasteiger partial charge is 0.231 e. The van der Waals surface area contributed by atoms with E-state index in [0.717, 1.165) is 25.1 Å². The summed E-state index contributed by atoms with van der Waals surface area (Å²) in [5.41, 5.74) is 1.08. The van der Waals surface area contributed by atoms with Gasteiger partial charge in [-0.3, -0.25) is 9.78 Å². The van der Waals surface area contributed by atoms with Crippen LogP contribution in [0.15, 0.2) is 42.7 Å². The minimum atomic E-state index is -0.540. The van der Waals surface area contributed by atoms with Gasteiger partial charge in [-0.2, -0.15) is 0 Å². The highest BCUT2D eigenvalue weighted by molar-refractivity contribution is 5.76. The second-order valence-electron chi connectivity index (χ2n) is 8.39. The standard InChI is InChI=1S/C23H26N2O5/c26-19-8-16-12-25(23(27)6-3-15-2-1-7-24-11-15)13-17(16)9-21(19)30-18-4-5-20-22(10-18)29-14-28-20/h1-2,4-5,7,10-11,16-17,19,21,26H,3,6,8-9,12-14H2/t16-,17+,19+,21+/m0/s1. The first kappa shape index (κ1) is 19.2. The quantitative estimate of drug-likeness (QED) is 0.815. The molecule has 3 aliphatic rings. The SMILES string of the molecule is O=C(CCc1cccnc1)N1C[C@H]2C[C@@H](Oc3ccc4c(c3)OCO4)[C@H](O)C[C@H]2C1. The maximum absolute atomic E-state index is 12.7. The third kappa shape index (κ3) is 3.94. The van der Waals surface area contributed by atoms with E-state index in [1.807, 2.05) is 41.4 Å². The molecule has 1 saturated carbocycles. The Morgan fingerprint density at radius 1 is 1.17 bits per heavy atom. The van der Waals surface area contributed by atoms with Crippen LogP contribution in [0.2, 0.25) is 0 Å². The van der Waals surface area contributed by atoms with Crippen molar-refractivity contribution < 1.29 is 24.1 Å². The fourth-order valence-electron chi connectivity index (χ4n) is 4.80. The summed E-state index contributed by atoms with van der Waals surface area (Å²) >= 11 is 0. The lowest BCUT2D eigenvalue weighted by Crippen LogP contribution is -2.42. The van der Waals surface area contributed by atoms with Crippen LogP contribution in [-0.2, 0) is 11.2 Å². The Bertz CT molecular complexity index is 906. The highest BCUT2D eigenvalue weighted by atomic mass is 16.7. The van der Waals surface area contributed by atoms with E-state index in [9.17, 15) is 9.90 Å². The van der Waals surface area contributed by atoms with Gasteiger partial charge >= 0.3 is 0 Å². The van der Waals surface area contributed by atoms with Crippen LogP contribution >= 0.6 is 0 Å². The van der Waals surface area contributed by atoms with E-state index in [2.05, 4.69) is 4.98 Å². The van der Waals surface area contributed by atoms with Crippen molar-refractivity contribution in [3.8, 4) is 17.2 Å². The molecule has 2 aromatic rings. The van der Waals surface area contributed by atoms with Gasteiger partial charge in [0.2, 0.25) is 12.7 Å². The molecule has 30 heavy (non-hydrogen) atoms. The average Bonchev–Trinajstić information content (AvgIpc) is 3.39. The van der Waals surface area contributed by atoms with Crippen LogP contribution in [0.1, 0.15) is 24.8 Å². The second-order valence-corrected chi connectivity index (χ2v) is 8.39. The van der Waals surface area contributed by atoms with Crippen molar-refractivity contribution in [2.45, 2.75) is 37.9 Å². The van der Waals surface area contributed by atoms with Crippen LogP contribution in [0.5, 0.6) is 17.2 Å². The molecule has 1 N–H and O–H groups in total. The van der Waals surface area contributed by atoms with Gasteiger partial charge in [-0.15, -0.1) is 0 Å². The molecule has 4 atom stereocenters. The molecule has 3 heterocycles. The lowest BCUT2D eigenvalue weighted by atomic mass is 9.78. The number of amides is 1. The van der Waals surface area contributed by atoms with Gasteiger partial charge in [0.25, 0.3) is 0 Å². The lowest BCUT2D eigenvalue weighted by molar-refractivity contribution is -0.130. The van der Waals surface area contributed by atoms with E-state index in [0.29, 0.717) is 48.3 Å². The molecule has 7 heteroatoms. The van der Waals surface area contributed by atoms with Crippen molar-refractivity contribution >= 4 is 5.91 Å². The molecule has 1 aromatic heterocycles. The van der Waals surface area contributed by atoms with E-state index in [-0.39, 0.29) is 18.8 Å². The number of aromatic nitrogens is 1. The molecule has 0 spiro atoms. The predicted octanol–water partition coefficient (Wildman–Crippen LogP) is 2.42. The first-order valence-electron chi connectivity index (χ1n) is 10.6. The van der Waals surface area contributed by atoms with Crippen molar-refractivity contribution in [3.05, 3.63) is 48.3 Å². The number of hydrogen-bond acceptors (Lipinski definition) is 6. The molecule has 0 bridgehead atoms. The Balaban J connectivity index is 1.17. The summed E-state index contributed by atoms with van der Waals surface area (Å²) in [5, 5.41) is 10.7. The molecule has 0 unspecified atom stereocenters. The van der Waals surface area contributed by atoms with Crippen molar-refractivity contribution in [3.63, 3.8) is 0 Å². The molecule has 7 nitrogen and oxygen atoms in total. The number of carbonyl (C=O) groups is 1. The molecule has 0 radical (unpaired) electrons. The maximum Gasteiger partial charge on any atom is 0.231 e. The zero-order valence-corrected chi connectivity index (χ0v) is 16.8. The fraction of sp³-hybridized carbons (Fsp3) is 0.478. The number of carbonyl (C=O) groups excluding carboxylic acids is 1. The second kappa shape index (κ2) is 8.14. The Hall–Kier alpha value is -2.80.